The van der Waals surface area contributed by atoms with Gasteiger partial charge in [0.2, 0.25) is 5.91 Å². The summed E-state index contributed by atoms with van der Waals surface area (Å²) in [7, 11) is 0. The number of rotatable bonds is 12. The van der Waals surface area contributed by atoms with Crippen molar-refractivity contribution >= 4 is 47.8 Å². The molecule has 0 aliphatic rings. The summed E-state index contributed by atoms with van der Waals surface area (Å²) in [5.74, 6) is -1.23. The van der Waals surface area contributed by atoms with Gasteiger partial charge in [-0.3, -0.25) is 9.59 Å². The molecule has 0 aromatic heterocycles. The first-order chi connectivity index (χ1) is 18.4. The fourth-order valence-corrected chi connectivity index (χ4v) is 4.58. The fraction of sp³-hybridized carbons (Fsp3) is 0.483. The molecule has 2 rings (SSSR count). The van der Waals surface area contributed by atoms with E-state index in [4.69, 9.17) is 16.3 Å². The highest BCUT2D eigenvalue weighted by molar-refractivity contribution is 7.80. The third-order valence-corrected chi connectivity index (χ3v) is 6.65. The summed E-state index contributed by atoms with van der Waals surface area (Å²) in [5, 5.41) is 16.6. The van der Waals surface area contributed by atoms with Crippen LogP contribution in [0.3, 0.4) is 0 Å². The fourth-order valence-electron chi connectivity index (χ4n) is 4.06. The van der Waals surface area contributed by atoms with Crippen LogP contribution >= 0.6 is 24.2 Å². The van der Waals surface area contributed by atoms with E-state index in [1.54, 1.807) is 51.1 Å². The number of phenolic OH excluding ortho intramolecular Hbond substituents is 1. The van der Waals surface area contributed by atoms with Gasteiger partial charge >= 0.3 is 6.09 Å². The number of carbonyl (C=O) groups is 3. The Kier molecular flexibility index (Phi) is 12.4. The summed E-state index contributed by atoms with van der Waals surface area (Å²) in [6, 6.07) is 9.35. The highest BCUT2D eigenvalue weighted by atomic mass is 35.5. The number of unbranched alkanes of at least 4 members (excludes halogenated alkanes) is 3. The van der Waals surface area contributed by atoms with Crippen LogP contribution in [-0.2, 0) is 14.3 Å². The molecule has 0 heterocycles. The molecule has 2 aromatic rings. The summed E-state index contributed by atoms with van der Waals surface area (Å²) in [4.78, 5) is 41.8. The maximum absolute atomic E-state index is 14.0. The van der Waals surface area contributed by atoms with Gasteiger partial charge in [-0.15, -0.1) is 0 Å². The second-order valence-corrected chi connectivity index (χ2v) is 11.1. The van der Waals surface area contributed by atoms with E-state index in [0.29, 0.717) is 17.1 Å². The molecule has 0 aliphatic carbocycles. The molecule has 2 aromatic carbocycles. The number of alkyl carbamates (subject to hydrolysis) is 1. The zero-order valence-electron chi connectivity index (χ0n) is 23.3. The maximum Gasteiger partial charge on any atom is 0.408 e. The first kappa shape index (κ1) is 32.3. The number of anilines is 1. The molecule has 2 unspecified atom stereocenters. The number of nitrogens with one attached hydrogen (secondary N) is 2. The minimum absolute atomic E-state index is 0.0255. The normalized spacial score (nSPS) is 12.8. The standard InChI is InChI=1S/C29H40ClN3O5S/c1-6-7-8-11-17-33(27(36)22(18-39)31-28(37)38-29(3,4)5)25(20-14-9-10-16-23(20)34)26(35)32-24-19(2)13-12-15-21(24)30/h9-10,12-16,22,25,34,39H,6-8,11,17-18H2,1-5H3,(H,31,37)(H,32,35). The van der Waals surface area contributed by atoms with Gasteiger partial charge in [-0.05, 0) is 51.8 Å². The van der Waals surface area contributed by atoms with E-state index in [0.717, 1.165) is 24.8 Å². The Morgan fingerprint density at radius 1 is 1.08 bits per heavy atom. The van der Waals surface area contributed by atoms with Crippen molar-refractivity contribution in [2.24, 2.45) is 0 Å². The maximum atomic E-state index is 14.0. The Balaban J connectivity index is 2.53. The number of para-hydroxylation sites is 2. The van der Waals surface area contributed by atoms with Crippen LogP contribution < -0.4 is 10.6 Å². The third-order valence-electron chi connectivity index (χ3n) is 5.97. The first-order valence-corrected chi connectivity index (χ1v) is 14.1. The Morgan fingerprint density at radius 2 is 1.77 bits per heavy atom. The predicted octanol–water partition coefficient (Wildman–Crippen LogP) is 6.27. The lowest BCUT2D eigenvalue weighted by Crippen LogP contribution is -2.53. The SMILES string of the molecule is CCCCCCN(C(=O)C(CS)NC(=O)OC(C)(C)C)C(C(=O)Nc1c(C)cccc1Cl)c1ccccc1O. The molecular weight excluding hydrogens is 538 g/mol. The molecule has 0 saturated carbocycles. The summed E-state index contributed by atoms with van der Waals surface area (Å²) in [5.41, 5.74) is 0.644. The first-order valence-electron chi connectivity index (χ1n) is 13.1. The van der Waals surface area contributed by atoms with E-state index in [1.165, 1.54) is 11.0 Å². The van der Waals surface area contributed by atoms with Crippen molar-refractivity contribution in [2.45, 2.75) is 78.0 Å². The quantitative estimate of drug-likeness (QED) is 0.176. The number of aryl methyl sites for hydroxylation is 1. The molecule has 3 N–H and O–H groups in total. The molecule has 0 bridgehead atoms. The van der Waals surface area contributed by atoms with E-state index in [1.807, 2.05) is 13.0 Å². The van der Waals surface area contributed by atoms with Gasteiger partial charge in [0, 0.05) is 17.9 Å². The Morgan fingerprint density at radius 3 is 2.36 bits per heavy atom. The van der Waals surface area contributed by atoms with Gasteiger partial charge in [0.25, 0.3) is 5.91 Å². The molecule has 3 amide bonds. The minimum atomic E-state index is -1.21. The number of aromatic hydroxyl groups is 1. The molecule has 0 spiro atoms. The number of benzene rings is 2. The second-order valence-electron chi connectivity index (χ2n) is 10.4. The van der Waals surface area contributed by atoms with Crippen molar-refractivity contribution < 1.29 is 24.2 Å². The zero-order chi connectivity index (χ0) is 29.2. The van der Waals surface area contributed by atoms with Crippen molar-refractivity contribution in [2.75, 3.05) is 17.6 Å². The van der Waals surface area contributed by atoms with Crippen molar-refractivity contribution in [1.82, 2.24) is 10.2 Å². The van der Waals surface area contributed by atoms with E-state index in [9.17, 15) is 19.5 Å². The van der Waals surface area contributed by atoms with Crippen LogP contribution in [-0.4, -0.2) is 51.9 Å². The van der Waals surface area contributed by atoms with Crippen LogP contribution in [0, 0.1) is 6.92 Å². The average molecular weight is 578 g/mol. The molecule has 0 radical (unpaired) electrons. The van der Waals surface area contributed by atoms with Crippen LogP contribution in [0.4, 0.5) is 10.5 Å². The summed E-state index contributed by atoms with van der Waals surface area (Å²) < 4.78 is 5.34. The van der Waals surface area contributed by atoms with Crippen LogP contribution in [0.5, 0.6) is 5.75 Å². The summed E-state index contributed by atoms with van der Waals surface area (Å²) >= 11 is 10.7. The number of amides is 3. The Labute approximate surface area is 241 Å². The van der Waals surface area contributed by atoms with E-state index in [-0.39, 0.29) is 23.6 Å². The number of halogens is 1. The van der Waals surface area contributed by atoms with Crippen LogP contribution in [0.2, 0.25) is 5.02 Å². The van der Waals surface area contributed by atoms with Gasteiger partial charge in [-0.1, -0.05) is 68.1 Å². The predicted molar refractivity (Wildman–Crippen MR) is 159 cm³/mol. The van der Waals surface area contributed by atoms with Crippen LogP contribution in [0.1, 0.15) is 70.5 Å². The number of hydrogen-bond acceptors (Lipinski definition) is 6. The smallest absolute Gasteiger partial charge is 0.408 e. The number of hydrogen-bond donors (Lipinski definition) is 4. The van der Waals surface area contributed by atoms with Gasteiger partial charge < -0.3 is 25.4 Å². The third kappa shape index (κ3) is 9.65. The molecule has 0 aliphatic heterocycles. The zero-order valence-corrected chi connectivity index (χ0v) is 24.9. The number of carbonyl (C=O) groups excluding carboxylic acids is 3. The lowest BCUT2D eigenvalue weighted by Gasteiger charge is -2.34. The number of thiol groups is 1. The van der Waals surface area contributed by atoms with Crippen molar-refractivity contribution in [3.8, 4) is 5.75 Å². The highest BCUT2D eigenvalue weighted by Crippen LogP contribution is 2.33. The Bertz CT molecular complexity index is 1120. The largest absolute Gasteiger partial charge is 0.508 e. The van der Waals surface area contributed by atoms with E-state index >= 15 is 0 Å². The van der Waals surface area contributed by atoms with Gasteiger partial charge in [0.1, 0.15) is 23.4 Å². The van der Waals surface area contributed by atoms with E-state index < -0.39 is 35.6 Å². The van der Waals surface area contributed by atoms with Crippen LogP contribution in [0.25, 0.3) is 0 Å². The molecule has 0 fully saturated rings. The van der Waals surface area contributed by atoms with Gasteiger partial charge in [0.05, 0.1) is 10.7 Å². The highest BCUT2D eigenvalue weighted by Gasteiger charge is 2.37. The molecule has 2 atom stereocenters. The minimum Gasteiger partial charge on any atom is -0.508 e. The molecular formula is C29H40ClN3O5S. The molecule has 10 heteroatoms. The monoisotopic (exact) mass is 577 g/mol. The summed E-state index contributed by atoms with van der Waals surface area (Å²) in [6.45, 7) is 9.27. The molecule has 8 nitrogen and oxygen atoms in total. The molecule has 0 saturated heterocycles. The number of phenols is 1. The summed E-state index contributed by atoms with van der Waals surface area (Å²) in [6.07, 6.45) is 2.64. The topological polar surface area (TPSA) is 108 Å². The van der Waals surface area contributed by atoms with E-state index in [2.05, 4.69) is 30.2 Å². The molecule has 39 heavy (non-hydrogen) atoms. The van der Waals surface area contributed by atoms with Gasteiger partial charge in [-0.25, -0.2) is 4.79 Å². The Hall–Kier alpha value is -2.91. The lowest BCUT2D eigenvalue weighted by atomic mass is 10.0. The number of nitrogens with zero attached hydrogens (tertiary/aromatic N) is 1. The average Bonchev–Trinajstić information content (AvgIpc) is 2.86. The second kappa shape index (κ2) is 15.0. The number of ether oxygens (including phenoxy) is 1. The van der Waals surface area contributed by atoms with Crippen LogP contribution in [0.15, 0.2) is 42.5 Å². The lowest BCUT2D eigenvalue weighted by molar-refractivity contribution is -0.140. The van der Waals surface area contributed by atoms with Crippen molar-refractivity contribution in [3.63, 3.8) is 0 Å². The molecule has 214 valence electrons. The van der Waals surface area contributed by atoms with Crippen molar-refractivity contribution in [1.29, 1.82) is 0 Å². The van der Waals surface area contributed by atoms with Gasteiger partial charge in [0.15, 0.2) is 0 Å². The van der Waals surface area contributed by atoms with Gasteiger partial charge in [-0.2, -0.15) is 12.6 Å². The van der Waals surface area contributed by atoms with Crippen molar-refractivity contribution in [3.05, 3.63) is 58.6 Å².